The van der Waals surface area contributed by atoms with Crippen LogP contribution < -0.4 is 31.9 Å². The average Bonchev–Trinajstić information content (AvgIpc) is 2.72. The molecule has 0 fully saturated rings. The molecule has 0 amide bonds. The third-order valence-electron chi connectivity index (χ3n) is 4.04. The molecular weight excluding hydrogens is 372 g/mol. The summed E-state index contributed by atoms with van der Waals surface area (Å²) in [5, 5.41) is 12.2. The Hall–Kier alpha value is -3.18. The highest BCUT2D eigenvalue weighted by Gasteiger charge is 2.13. The zero-order valence-corrected chi connectivity index (χ0v) is 17.7. The lowest BCUT2D eigenvalue weighted by Crippen LogP contribution is -2.32. The molecule has 0 spiro atoms. The minimum absolute atomic E-state index is 0.194. The fraction of sp³-hybridized carbons (Fsp3) is 0.647. The van der Waals surface area contributed by atoms with Crippen molar-refractivity contribution in [1.82, 2.24) is 29.9 Å². The predicted octanol–water partition coefficient (Wildman–Crippen LogP) is 1.26. The number of anilines is 6. The molecule has 29 heavy (non-hydrogen) atoms. The van der Waals surface area contributed by atoms with Crippen LogP contribution >= 0.6 is 0 Å². The molecule has 0 aromatic carbocycles. The van der Waals surface area contributed by atoms with Gasteiger partial charge in [0.25, 0.3) is 0 Å². The predicted molar refractivity (Wildman–Crippen MR) is 118 cm³/mol. The van der Waals surface area contributed by atoms with Gasteiger partial charge in [-0.15, -0.1) is 0 Å². The van der Waals surface area contributed by atoms with Crippen LogP contribution in [-0.2, 0) is 0 Å². The lowest BCUT2D eigenvalue weighted by atomic mass is 10.2. The van der Waals surface area contributed by atoms with Crippen molar-refractivity contribution in [3.63, 3.8) is 0 Å². The summed E-state index contributed by atoms with van der Waals surface area (Å²) >= 11 is 0. The molecule has 0 saturated heterocycles. The molecule has 2 heterocycles. The number of aromatic nitrogens is 6. The number of nitrogens with one attached hydrogen (secondary N) is 4. The van der Waals surface area contributed by atoms with Crippen molar-refractivity contribution in [2.24, 2.45) is 0 Å². The zero-order valence-electron chi connectivity index (χ0n) is 17.7. The molecule has 12 heteroatoms. The molecule has 2 aromatic heterocycles. The second kappa shape index (κ2) is 11.6. The van der Waals surface area contributed by atoms with Gasteiger partial charge in [-0.3, -0.25) is 0 Å². The van der Waals surface area contributed by atoms with Crippen LogP contribution in [0.1, 0.15) is 33.1 Å². The summed E-state index contributed by atoms with van der Waals surface area (Å²) in [6.07, 6.45) is 3.31. The van der Waals surface area contributed by atoms with Crippen molar-refractivity contribution >= 4 is 35.7 Å². The Balaban J connectivity index is 2.08. The van der Waals surface area contributed by atoms with Crippen LogP contribution in [0.15, 0.2) is 0 Å². The lowest BCUT2D eigenvalue weighted by Gasteiger charge is -2.23. The van der Waals surface area contributed by atoms with Crippen LogP contribution in [0.4, 0.5) is 35.7 Å². The van der Waals surface area contributed by atoms with Crippen molar-refractivity contribution in [1.29, 1.82) is 0 Å². The number of hydrogen-bond acceptors (Lipinski definition) is 12. The van der Waals surface area contributed by atoms with E-state index in [0.29, 0.717) is 42.8 Å². The van der Waals surface area contributed by atoms with E-state index >= 15 is 0 Å². The summed E-state index contributed by atoms with van der Waals surface area (Å²) in [4.78, 5) is 27.9. The standard InChI is InChI=1S/C17H32N12/c1-5-7-8-10-29(17-24-12(18)23-13(19-3)28-17)11-9-22-16-26-14(20-4)25-15(27-16)21-6-2/h5-11H2,1-4H3,(H3,18,19,23,24,28)(H3,20,21,22,25,26,27). The van der Waals surface area contributed by atoms with Gasteiger partial charge < -0.3 is 31.9 Å². The summed E-state index contributed by atoms with van der Waals surface area (Å²) < 4.78 is 0. The van der Waals surface area contributed by atoms with Gasteiger partial charge in [0.2, 0.25) is 35.7 Å². The lowest BCUT2D eigenvalue weighted by molar-refractivity contribution is 0.667. The second-order valence-corrected chi connectivity index (χ2v) is 6.27. The first-order chi connectivity index (χ1) is 14.1. The number of hydrogen-bond donors (Lipinski definition) is 5. The average molecular weight is 405 g/mol. The summed E-state index contributed by atoms with van der Waals surface area (Å²) in [6, 6.07) is 0. The summed E-state index contributed by atoms with van der Waals surface area (Å²) in [7, 11) is 3.53. The summed E-state index contributed by atoms with van der Waals surface area (Å²) in [5.74, 6) is 2.73. The number of nitrogens with zero attached hydrogens (tertiary/aromatic N) is 7. The first-order valence-corrected chi connectivity index (χ1v) is 9.95. The minimum atomic E-state index is 0.194. The minimum Gasteiger partial charge on any atom is -0.368 e. The molecule has 160 valence electrons. The van der Waals surface area contributed by atoms with Crippen molar-refractivity contribution in [2.45, 2.75) is 33.1 Å². The van der Waals surface area contributed by atoms with Crippen molar-refractivity contribution in [3.8, 4) is 0 Å². The largest absolute Gasteiger partial charge is 0.368 e. The third-order valence-corrected chi connectivity index (χ3v) is 4.04. The van der Waals surface area contributed by atoms with Crippen LogP contribution in [0.3, 0.4) is 0 Å². The Morgan fingerprint density at radius 2 is 1.41 bits per heavy atom. The van der Waals surface area contributed by atoms with Gasteiger partial charge in [0.15, 0.2) is 0 Å². The highest BCUT2D eigenvalue weighted by molar-refractivity contribution is 5.43. The van der Waals surface area contributed by atoms with E-state index < -0.39 is 0 Å². The van der Waals surface area contributed by atoms with Crippen molar-refractivity contribution in [3.05, 3.63) is 0 Å². The van der Waals surface area contributed by atoms with Crippen LogP contribution in [0.25, 0.3) is 0 Å². The smallest absolute Gasteiger partial charge is 0.232 e. The molecule has 0 aliphatic carbocycles. The van der Waals surface area contributed by atoms with Crippen molar-refractivity contribution < 1.29 is 0 Å². The number of rotatable bonds is 13. The Morgan fingerprint density at radius 1 is 0.759 bits per heavy atom. The first-order valence-electron chi connectivity index (χ1n) is 9.95. The van der Waals surface area contributed by atoms with E-state index in [2.05, 4.69) is 63.0 Å². The van der Waals surface area contributed by atoms with Gasteiger partial charge in [0, 0.05) is 40.3 Å². The highest BCUT2D eigenvalue weighted by atomic mass is 15.3. The fourth-order valence-electron chi connectivity index (χ4n) is 2.61. The summed E-state index contributed by atoms with van der Waals surface area (Å²) in [5.41, 5.74) is 5.84. The van der Waals surface area contributed by atoms with E-state index in [9.17, 15) is 0 Å². The Morgan fingerprint density at radius 3 is 2.07 bits per heavy atom. The highest BCUT2D eigenvalue weighted by Crippen LogP contribution is 2.14. The van der Waals surface area contributed by atoms with Crippen LogP contribution in [0.2, 0.25) is 0 Å². The molecule has 0 saturated carbocycles. The van der Waals surface area contributed by atoms with Crippen LogP contribution in [0, 0.1) is 0 Å². The van der Waals surface area contributed by atoms with Crippen LogP contribution in [0.5, 0.6) is 0 Å². The Labute approximate surface area is 171 Å². The van der Waals surface area contributed by atoms with E-state index in [4.69, 9.17) is 5.73 Å². The molecular formula is C17H32N12. The molecule has 0 bridgehead atoms. The molecule has 6 N–H and O–H groups in total. The monoisotopic (exact) mass is 404 g/mol. The molecule has 0 aliphatic rings. The maximum Gasteiger partial charge on any atom is 0.232 e. The molecule has 0 aliphatic heterocycles. The molecule has 2 rings (SSSR count). The van der Waals surface area contributed by atoms with E-state index in [-0.39, 0.29) is 5.95 Å². The molecule has 2 aromatic rings. The van der Waals surface area contributed by atoms with Gasteiger partial charge in [-0.05, 0) is 13.3 Å². The van der Waals surface area contributed by atoms with Gasteiger partial charge in [-0.25, -0.2) is 0 Å². The van der Waals surface area contributed by atoms with Gasteiger partial charge in [-0.2, -0.15) is 29.9 Å². The number of nitrogen functional groups attached to an aromatic ring is 1. The van der Waals surface area contributed by atoms with Gasteiger partial charge in [-0.1, -0.05) is 19.8 Å². The van der Waals surface area contributed by atoms with E-state index in [0.717, 1.165) is 32.4 Å². The van der Waals surface area contributed by atoms with E-state index in [1.54, 1.807) is 14.1 Å². The normalized spacial score (nSPS) is 10.5. The van der Waals surface area contributed by atoms with Gasteiger partial charge in [0.05, 0.1) is 0 Å². The van der Waals surface area contributed by atoms with E-state index in [1.165, 1.54) is 0 Å². The molecule has 12 nitrogen and oxygen atoms in total. The fourth-order valence-corrected chi connectivity index (χ4v) is 2.61. The summed E-state index contributed by atoms with van der Waals surface area (Å²) in [6.45, 7) is 6.98. The first kappa shape index (κ1) is 22.1. The molecule has 0 atom stereocenters. The maximum atomic E-state index is 5.84. The molecule has 0 radical (unpaired) electrons. The number of nitrogens with two attached hydrogens (primary N) is 1. The Kier molecular flexibility index (Phi) is 8.86. The topological polar surface area (TPSA) is 155 Å². The second-order valence-electron chi connectivity index (χ2n) is 6.27. The van der Waals surface area contributed by atoms with Gasteiger partial charge in [0.1, 0.15) is 0 Å². The number of unbranched alkanes of at least 4 members (excludes halogenated alkanes) is 2. The SMILES string of the molecule is CCCCCN(CCNc1nc(NC)nc(NCC)n1)c1nc(N)nc(NC)n1. The van der Waals surface area contributed by atoms with Crippen molar-refractivity contribution in [2.75, 3.05) is 72.2 Å². The Bertz CT molecular complexity index is 753. The quantitative estimate of drug-likeness (QED) is 0.305. The van der Waals surface area contributed by atoms with E-state index in [1.807, 2.05) is 6.92 Å². The zero-order chi connectivity index (χ0) is 21.1. The van der Waals surface area contributed by atoms with Gasteiger partial charge >= 0.3 is 0 Å². The third kappa shape index (κ3) is 7.05. The van der Waals surface area contributed by atoms with Crippen LogP contribution in [-0.4, -0.2) is 70.2 Å². The maximum absolute atomic E-state index is 5.84. The molecule has 0 unspecified atom stereocenters.